The van der Waals surface area contributed by atoms with E-state index in [0.29, 0.717) is 13.1 Å². The zero-order valence-electron chi connectivity index (χ0n) is 11.4. The van der Waals surface area contributed by atoms with Gasteiger partial charge in [0.2, 0.25) is 0 Å². The Morgan fingerprint density at radius 2 is 1.70 bits per heavy atom. The monoisotopic (exact) mass is 273 g/mol. The minimum atomic E-state index is -0.468. The number of rotatable bonds is 1. The summed E-state index contributed by atoms with van der Waals surface area (Å²) in [5, 5.41) is 6.04. The zero-order valence-corrected chi connectivity index (χ0v) is 11.4. The van der Waals surface area contributed by atoms with E-state index in [2.05, 4.69) is 22.8 Å². The summed E-state index contributed by atoms with van der Waals surface area (Å²) < 4.78 is 0. The lowest BCUT2D eigenvalue weighted by Gasteiger charge is -2.27. The van der Waals surface area contributed by atoms with Gasteiger partial charge in [-0.05, 0) is 24.0 Å². The second-order valence-electron chi connectivity index (χ2n) is 5.39. The van der Waals surface area contributed by atoms with Crippen LogP contribution in [0, 0.1) is 0 Å². The van der Waals surface area contributed by atoms with Gasteiger partial charge in [-0.25, -0.2) is 0 Å². The van der Waals surface area contributed by atoms with Crippen LogP contribution < -0.4 is 10.6 Å². The third kappa shape index (κ3) is 2.67. The summed E-state index contributed by atoms with van der Waals surface area (Å²) in [4.78, 5) is 25.7. The first-order valence-corrected chi connectivity index (χ1v) is 7.11. The number of hydrogen-bond donors (Lipinski definition) is 2. The number of carbonyl (C=O) groups excluding carboxylic acids is 2. The highest BCUT2D eigenvalue weighted by Crippen LogP contribution is 2.21. The fraction of sp³-hybridized carbons (Fsp3) is 0.467. The molecule has 0 saturated carbocycles. The molecule has 106 valence electrons. The Morgan fingerprint density at radius 1 is 1.10 bits per heavy atom. The molecule has 1 aliphatic heterocycles. The summed E-state index contributed by atoms with van der Waals surface area (Å²) in [5.74, 6) is -0.868. The molecule has 1 fully saturated rings. The van der Waals surface area contributed by atoms with E-state index >= 15 is 0 Å². The molecule has 1 heterocycles. The molecule has 2 amide bonds. The lowest BCUT2D eigenvalue weighted by Crippen LogP contribution is -2.52. The highest BCUT2D eigenvalue weighted by atomic mass is 16.2. The molecule has 2 N–H and O–H groups in total. The van der Waals surface area contributed by atoms with Gasteiger partial charge in [0, 0.05) is 32.2 Å². The number of hydrogen-bond acceptors (Lipinski definition) is 3. The molecular formula is C15H19N3O2. The van der Waals surface area contributed by atoms with Crippen molar-refractivity contribution >= 4 is 11.8 Å². The molecule has 0 bridgehead atoms. The molecule has 5 nitrogen and oxygen atoms in total. The smallest absolute Gasteiger partial charge is 0.311 e. The van der Waals surface area contributed by atoms with Crippen molar-refractivity contribution in [1.29, 1.82) is 0 Å². The number of benzene rings is 1. The first-order chi connectivity index (χ1) is 9.74. The van der Waals surface area contributed by atoms with E-state index in [4.69, 9.17) is 0 Å². The maximum absolute atomic E-state index is 12.0. The van der Waals surface area contributed by atoms with Crippen molar-refractivity contribution in [2.24, 2.45) is 0 Å². The largest absolute Gasteiger partial charge is 0.344 e. The van der Waals surface area contributed by atoms with E-state index in [0.717, 1.165) is 25.9 Å². The molecule has 3 rings (SSSR count). The van der Waals surface area contributed by atoms with Crippen molar-refractivity contribution < 1.29 is 9.59 Å². The van der Waals surface area contributed by atoms with Gasteiger partial charge in [0.1, 0.15) is 0 Å². The average molecular weight is 273 g/mol. The van der Waals surface area contributed by atoms with Crippen LogP contribution >= 0.6 is 0 Å². The summed E-state index contributed by atoms with van der Waals surface area (Å²) in [5.41, 5.74) is 2.54. The Kier molecular flexibility index (Phi) is 3.69. The van der Waals surface area contributed by atoms with Gasteiger partial charge in [0.05, 0.1) is 0 Å². The minimum absolute atomic E-state index is 0.0479. The van der Waals surface area contributed by atoms with Gasteiger partial charge in [0.15, 0.2) is 0 Å². The third-order valence-corrected chi connectivity index (χ3v) is 3.98. The van der Waals surface area contributed by atoms with Crippen molar-refractivity contribution in [3.8, 4) is 0 Å². The van der Waals surface area contributed by atoms with Gasteiger partial charge in [-0.1, -0.05) is 24.3 Å². The van der Waals surface area contributed by atoms with Gasteiger partial charge < -0.3 is 15.5 Å². The summed E-state index contributed by atoms with van der Waals surface area (Å²) in [6.07, 6.45) is 1.63. The van der Waals surface area contributed by atoms with Crippen LogP contribution in [0.3, 0.4) is 0 Å². The number of fused-ring (bicyclic) bond motifs is 1. The highest BCUT2D eigenvalue weighted by molar-refractivity contribution is 6.35. The lowest BCUT2D eigenvalue weighted by atomic mass is 10.1. The van der Waals surface area contributed by atoms with E-state index < -0.39 is 11.8 Å². The molecule has 1 aliphatic carbocycles. The van der Waals surface area contributed by atoms with Crippen molar-refractivity contribution in [2.75, 3.05) is 26.2 Å². The number of amides is 2. The molecule has 1 aromatic carbocycles. The Hall–Kier alpha value is -1.88. The van der Waals surface area contributed by atoms with Crippen LogP contribution in [0.15, 0.2) is 24.3 Å². The molecule has 2 aliphatic rings. The van der Waals surface area contributed by atoms with E-state index in [9.17, 15) is 9.59 Å². The van der Waals surface area contributed by atoms with Crippen LogP contribution in [0.25, 0.3) is 0 Å². The van der Waals surface area contributed by atoms with Crippen LogP contribution in [0.5, 0.6) is 0 Å². The summed E-state index contributed by atoms with van der Waals surface area (Å²) in [6, 6.07) is 8.23. The van der Waals surface area contributed by atoms with Crippen molar-refractivity contribution in [1.82, 2.24) is 15.5 Å². The number of nitrogens with one attached hydrogen (secondary N) is 2. The summed E-state index contributed by atoms with van der Waals surface area (Å²) in [6.45, 7) is 2.73. The quantitative estimate of drug-likeness (QED) is 0.691. The Morgan fingerprint density at radius 3 is 2.30 bits per heavy atom. The molecule has 1 saturated heterocycles. The van der Waals surface area contributed by atoms with Crippen molar-refractivity contribution in [3.63, 3.8) is 0 Å². The fourth-order valence-electron chi connectivity index (χ4n) is 2.92. The molecule has 20 heavy (non-hydrogen) atoms. The second-order valence-corrected chi connectivity index (χ2v) is 5.39. The summed E-state index contributed by atoms with van der Waals surface area (Å²) >= 11 is 0. The van der Waals surface area contributed by atoms with Crippen molar-refractivity contribution in [3.05, 3.63) is 35.4 Å². The standard InChI is InChI=1S/C15H19N3O2/c19-14(15(20)18-7-5-16-6-8-18)17-13-9-11-3-1-2-4-12(11)10-13/h1-4,13,16H,5-10H2,(H,17,19). The first kappa shape index (κ1) is 13.1. The normalized spacial score (nSPS) is 18.7. The maximum Gasteiger partial charge on any atom is 0.311 e. The first-order valence-electron chi connectivity index (χ1n) is 7.11. The molecule has 0 spiro atoms. The van der Waals surface area contributed by atoms with Gasteiger partial charge in [0.25, 0.3) is 0 Å². The SMILES string of the molecule is O=C(NC1Cc2ccccc2C1)C(=O)N1CCNCC1. The fourth-order valence-corrected chi connectivity index (χ4v) is 2.92. The second kappa shape index (κ2) is 5.63. The van der Waals surface area contributed by atoms with Crippen LogP contribution in [-0.2, 0) is 22.4 Å². The van der Waals surface area contributed by atoms with Crippen LogP contribution in [0.4, 0.5) is 0 Å². The van der Waals surface area contributed by atoms with E-state index in [-0.39, 0.29) is 6.04 Å². The van der Waals surface area contributed by atoms with Crippen LogP contribution in [-0.4, -0.2) is 48.9 Å². The predicted molar refractivity (Wildman–Crippen MR) is 75.2 cm³/mol. The highest BCUT2D eigenvalue weighted by Gasteiger charge is 2.28. The van der Waals surface area contributed by atoms with E-state index in [1.54, 1.807) is 4.90 Å². The third-order valence-electron chi connectivity index (χ3n) is 3.98. The number of carbonyl (C=O) groups is 2. The lowest BCUT2D eigenvalue weighted by molar-refractivity contribution is -0.146. The van der Waals surface area contributed by atoms with Crippen LogP contribution in [0.2, 0.25) is 0 Å². The maximum atomic E-state index is 12.0. The molecule has 0 unspecified atom stereocenters. The average Bonchev–Trinajstić information content (AvgIpc) is 2.89. The van der Waals surface area contributed by atoms with Gasteiger partial charge in [-0.2, -0.15) is 0 Å². The molecule has 0 atom stereocenters. The van der Waals surface area contributed by atoms with Gasteiger partial charge >= 0.3 is 11.8 Å². The Labute approximate surface area is 118 Å². The number of piperazine rings is 1. The van der Waals surface area contributed by atoms with Gasteiger partial charge in [-0.15, -0.1) is 0 Å². The zero-order chi connectivity index (χ0) is 13.9. The topological polar surface area (TPSA) is 61.4 Å². The molecule has 1 aromatic rings. The molecule has 0 aromatic heterocycles. The number of nitrogens with zero attached hydrogens (tertiary/aromatic N) is 1. The molecule has 5 heteroatoms. The summed E-state index contributed by atoms with van der Waals surface area (Å²) in [7, 11) is 0. The van der Waals surface area contributed by atoms with E-state index in [1.807, 2.05) is 12.1 Å². The Bertz CT molecular complexity index is 499. The Balaban J connectivity index is 1.56. The molecular weight excluding hydrogens is 254 g/mol. The van der Waals surface area contributed by atoms with Gasteiger partial charge in [-0.3, -0.25) is 9.59 Å². The predicted octanol–water partition coefficient (Wildman–Crippen LogP) is -0.298. The minimum Gasteiger partial charge on any atom is -0.344 e. The van der Waals surface area contributed by atoms with Crippen LogP contribution in [0.1, 0.15) is 11.1 Å². The van der Waals surface area contributed by atoms with Crippen molar-refractivity contribution in [2.45, 2.75) is 18.9 Å². The molecule has 0 radical (unpaired) electrons. The van der Waals surface area contributed by atoms with E-state index in [1.165, 1.54) is 11.1 Å².